The van der Waals surface area contributed by atoms with Crippen molar-refractivity contribution in [3.8, 4) is 0 Å². The molecule has 0 aliphatic carbocycles. The maximum atomic E-state index is 5.46. The molecule has 4 nitrogen and oxygen atoms in total. The van der Waals surface area contributed by atoms with Crippen LogP contribution in [0.25, 0.3) is 10.2 Å². The van der Waals surface area contributed by atoms with Crippen LogP contribution in [0.4, 0.5) is 5.82 Å². The number of hydrogen-bond acceptors (Lipinski definition) is 5. The first-order chi connectivity index (χ1) is 9.59. The number of thiophene rings is 1. The molecule has 3 heterocycles. The molecule has 0 unspecified atom stereocenters. The van der Waals surface area contributed by atoms with Crippen molar-refractivity contribution < 1.29 is 4.74 Å². The van der Waals surface area contributed by atoms with Crippen LogP contribution in [-0.2, 0) is 4.74 Å². The molecule has 2 aromatic heterocycles. The minimum atomic E-state index is 0.300. The molecule has 0 bridgehead atoms. The summed E-state index contributed by atoms with van der Waals surface area (Å²) in [6, 6.07) is 0. The molecule has 2 aromatic rings. The summed E-state index contributed by atoms with van der Waals surface area (Å²) < 4.78 is 5.46. The highest BCUT2D eigenvalue weighted by molar-refractivity contribution is 7.18. The van der Waals surface area contributed by atoms with Crippen LogP contribution in [-0.4, -0.2) is 29.7 Å². The predicted octanol–water partition coefficient (Wildman–Crippen LogP) is 3.54. The van der Waals surface area contributed by atoms with E-state index in [1.54, 1.807) is 17.7 Å². The lowest BCUT2D eigenvalue weighted by Gasteiger charge is -2.33. The first kappa shape index (κ1) is 13.8. The Morgan fingerprint density at radius 2 is 2.05 bits per heavy atom. The van der Waals surface area contributed by atoms with E-state index in [2.05, 4.69) is 36.1 Å². The van der Waals surface area contributed by atoms with Crippen LogP contribution in [0.3, 0.4) is 0 Å². The Hall–Kier alpha value is -1.20. The third-order valence-electron chi connectivity index (χ3n) is 4.35. The summed E-state index contributed by atoms with van der Waals surface area (Å²) in [4.78, 5) is 11.2. The van der Waals surface area contributed by atoms with Crippen LogP contribution < -0.4 is 5.32 Å². The van der Waals surface area contributed by atoms with E-state index < -0.39 is 0 Å². The molecule has 1 saturated heterocycles. The molecule has 1 aliphatic heterocycles. The summed E-state index contributed by atoms with van der Waals surface area (Å²) in [5.74, 6) is 0.976. The highest BCUT2D eigenvalue weighted by Gasteiger charge is 2.27. The van der Waals surface area contributed by atoms with Crippen molar-refractivity contribution in [2.75, 3.05) is 25.1 Å². The fourth-order valence-corrected chi connectivity index (χ4v) is 3.65. The van der Waals surface area contributed by atoms with E-state index in [1.165, 1.54) is 15.8 Å². The van der Waals surface area contributed by atoms with E-state index >= 15 is 0 Å². The lowest BCUT2D eigenvalue weighted by Crippen LogP contribution is -2.33. The van der Waals surface area contributed by atoms with E-state index in [1.807, 2.05) is 0 Å². The Balaban J connectivity index is 1.84. The lowest BCUT2D eigenvalue weighted by atomic mass is 9.82. The van der Waals surface area contributed by atoms with E-state index in [-0.39, 0.29) is 0 Å². The Bertz CT molecular complexity index is 617. The van der Waals surface area contributed by atoms with Gasteiger partial charge >= 0.3 is 0 Å². The molecule has 108 valence electrons. The van der Waals surface area contributed by atoms with E-state index in [9.17, 15) is 0 Å². The van der Waals surface area contributed by atoms with Gasteiger partial charge in [0, 0.05) is 24.6 Å². The first-order valence-corrected chi connectivity index (χ1v) is 7.93. The molecule has 0 spiro atoms. The number of fused-ring (bicyclic) bond motifs is 1. The third-order valence-corrected chi connectivity index (χ3v) is 5.46. The summed E-state index contributed by atoms with van der Waals surface area (Å²) >= 11 is 1.74. The second-order valence-electron chi connectivity index (χ2n) is 5.96. The summed E-state index contributed by atoms with van der Waals surface area (Å²) in [6.07, 6.45) is 3.87. The van der Waals surface area contributed by atoms with Crippen LogP contribution in [0.5, 0.6) is 0 Å². The van der Waals surface area contributed by atoms with Crippen molar-refractivity contribution in [3.05, 3.63) is 16.8 Å². The van der Waals surface area contributed by atoms with E-state index in [0.717, 1.165) is 43.2 Å². The molecule has 20 heavy (non-hydrogen) atoms. The monoisotopic (exact) mass is 291 g/mol. The fraction of sp³-hybridized carbons (Fsp3) is 0.600. The molecular weight excluding hydrogens is 270 g/mol. The molecule has 0 radical (unpaired) electrons. The number of aromatic nitrogens is 2. The van der Waals surface area contributed by atoms with Crippen molar-refractivity contribution in [1.82, 2.24) is 9.97 Å². The zero-order valence-electron chi connectivity index (χ0n) is 12.3. The first-order valence-electron chi connectivity index (χ1n) is 7.11. The maximum absolute atomic E-state index is 5.46. The van der Waals surface area contributed by atoms with Crippen molar-refractivity contribution >= 4 is 27.4 Å². The van der Waals surface area contributed by atoms with Gasteiger partial charge in [0.2, 0.25) is 0 Å². The molecule has 1 aliphatic rings. The molecule has 0 aromatic carbocycles. The van der Waals surface area contributed by atoms with Crippen molar-refractivity contribution in [1.29, 1.82) is 0 Å². The lowest BCUT2D eigenvalue weighted by molar-refractivity contribution is 0.0300. The number of hydrogen-bond donors (Lipinski definition) is 1. The van der Waals surface area contributed by atoms with Crippen molar-refractivity contribution in [2.45, 2.75) is 33.6 Å². The van der Waals surface area contributed by atoms with E-state index in [0.29, 0.717) is 5.41 Å². The average molecular weight is 291 g/mol. The van der Waals surface area contributed by atoms with E-state index in [4.69, 9.17) is 4.74 Å². The topological polar surface area (TPSA) is 47.0 Å². The average Bonchev–Trinajstić information content (AvgIpc) is 2.73. The molecule has 0 saturated carbocycles. The van der Waals surface area contributed by atoms with Gasteiger partial charge in [-0.15, -0.1) is 11.3 Å². The number of aryl methyl sites for hydroxylation is 2. The van der Waals surface area contributed by atoms with Gasteiger partial charge in [0.1, 0.15) is 17.0 Å². The summed E-state index contributed by atoms with van der Waals surface area (Å²) in [5.41, 5.74) is 1.60. The zero-order chi connectivity index (χ0) is 14.2. The molecule has 1 fully saturated rings. The van der Waals surface area contributed by atoms with Gasteiger partial charge in [-0.2, -0.15) is 0 Å². The minimum absolute atomic E-state index is 0.300. The fourth-order valence-electron chi connectivity index (χ4n) is 2.65. The Morgan fingerprint density at radius 3 is 2.80 bits per heavy atom. The number of nitrogens with one attached hydrogen (secondary N) is 1. The Morgan fingerprint density at radius 1 is 1.30 bits per heavy atom. The van der Waals surface area contributed by atoms with Crippen LogP contribution in [0, 0.1) is 19.3 Å². The predicted molar refractivity (Wildman–Crippen MR) is 83.5 cm³/mol. The van der Waals surface area contributed by atoms with Gasteiger partial charge in [0.25, 0.3) is 0 Å². The van der Waals surface area contributed by atoms with Crippen molar-refractivity contribution in [3.63, 3.8) is 0 Å². The van der Waals surface area contributed by atoms with Crippen molar-refractivity contribution in [2.24, 2.45) is 5.41 Å². The number of ether oxygens (including phenoxy) is 1. The number of anilines is 1. The Labute approximate surface area is 123 Å². The molecule has 0 amide bonds. The molecule has 5 heteroatoms. The molecule has 3 rings (SSSR count). The van der Waals surface area contributed by atoms with Gasteiger partial charge in [-0.05, 0) is 37.7 Å². The van der Waals surface area contributed by atoms with Gasteiger partial charge in [-0.1, -0.05) is 6.92 Å². The van der Waals surface area contributed by atoms with Crippen LogP contribution >= 0.6 is 11.3 Å². The largest absolute Gasteiger partial charge is 0.381 e. The molecule has 1 N–H and O–H groups in total. The van der Waals surface area contributed by atoms with Gasteiger partial charge in [0.15, 0.2) is 0 Å². The third kappa shape index (κ3) is 2.52. The molecule has 0 atom stereocenters. The number of rotatable bonds is 3. The standard InChI is InChI=1S/C15H21N3OS/c1-10-11(2)20-14-12(10)13(17-9-18-14)16-8-15(3)4-6-19-7-5-15/h9H,4-8H2,1-3H3,(H,16,17,18). The SMILES string of the molecule is Cc1sc2ncnc(NCC3(C)CCOCC3)c2c1C. The van der Waals surface area contributed by atoms with Gasteiger partial charge in [0.05, 0.1) is 5.39 Å². The summed E-state index contributed by atoms with van der Waals surface area (Å²) in [5, 5.41) is 4.74. The molecular formula is C15H21N3OS. The van der Waals surface area contributed by atoms with Crippen LogP contribution in [0.1, 0.15) is 30.2 Å². The Kier molecular flexibility index (Phi) is 3.65. The van der Waals surface area contributed by atoms with Gasteiger partial charge in [-0.3, -0.25) is 0 Å². The maximum Gasteiger partial charge on any atom is 0.138 e. The smallest absolute Gasteiger partial charge is 0.138 e. The quantitative estimate of drug-likeness (QED) is 0.939. The summed E-state index contributed by atoms with van der Waals surface area (Å²) in [6.45, 7) is 9.30. The second-order valence-corrected chi connectivity index (χ2v) is 7.17. The van der Waals surface area contributed by atoms with Gasteiger partial charge < -0.3 is 10.1 Å². The highest BCUT2D eigenvalue weighted by atomic mass is 32.1. The van der Waals surface area contributed by atoms with Crippen LogP contribution in [0.2, 0.25) is 0 Å². The highest BCUT2D eigenvalue weighted by Crippen LogP contribution is 2.34. The van der Waals surface area contributed by atoms with Gasteiger partial charge in [-0.25, -0.2) is 9.97 Å². The normalized spacial score (nSPS) is 18.4. The zero-order valence-corrected chi connectivity index (χ0v) is 13.1. The number of nitrogens with zero attached hydrogens (tertiary/aromatic N) is 2. The summed E-state index contributed by atoms with van der Waals surface area (Å²) in [7, 11) is 0. The van der Waals surface area contributed by atoms with Crippen LogP contribution in [0.15, 0.2) is 6.33 Å². The minimum Gasteiger partial charge on any atom is -0.381 e. The second kappa shape index (κ2) is 5.30.